The molecule has 1 saturated carbocycles. The van der Waals surface area contributed by atoms with E-state index >= 15 is 0 Å². The Labute approximate surface area is 111 Å². The lowest BCUT2D eigenvalue weighted by Gasteiger charge is -2.06. The molecule has 1 aliphatic carbocycles. The van der Waals surface area contributed by atoms with Gasteiger partial charge in [0.15, 0.2) is 0 Å². The van der Waals surface area contributed by atoms with Gasteiger partial charge in [-0.1, -0.05) is 12.1 Å². The zero-order valence-electron chi connectivity index (χ0n) is 10.4. The summed E-state index contributed by atoms with van der Waals surface area (Å²) in [6, 6.07) is 10.5. The van der Waals surface area contributed by atoms with Crippen molar-refractivity contribution in [2.45, 2.75) is 18.9 Å². The van der Waals surface area contributed by atoms with E-state index in [2.05, 4.69) is 4.98 Å². The van der Waals surface area contributed by atoms with Gasteiger partial charge < -0.3 is 10.5 Å². The van der Waals surface area contributed by atoms with Crippen LogP contribution in [0.15, 0.2) is 42.6 Å². The predicted molar refractivity (Wildman–Crippen MR) is 72.2 cm³/mol. The van der Waals surface area contributed by atoms with Crippen molar-refractivity contribution in [3.8, 4) is 5.75 Å². The summed E-state index contributed by atoms with van der Waals surface area (Å²) in [5.74, 6) is 0.616. The number of hydrogen-bond acceptors (Lipinski definition) is 4. The first-order chi connectivity index (χ1) is 9.22. The van der Waals surface area contributed by atoms with Crippen molar-refractivity contribution >= 4 is 11.5 Å². The number of nitrogens with zero attached hydrogens (tertiary/aromatic N) is 1. The molecule has 3 rings (SSSR count). The Bertz CT molecular complexity index is 604. The first kappa shape index (κ1) is 11.7. The van der Waals surface area contributed by atoms with E-state index in [9.17, 15) is 4.79 Å². The van der Waals surface area contributed by atoms with Gasteiger partial charge in [-0.2, -0.15) is 0 Å². The van der Waals surface area contributed by atoms with E-state index in [4.69, 9.17) is 10.5 Å². The molecule has 0 unspecified atom stereocenters. The third-order valence-electron chi connectivity index (χ3n) is 2.94. The lowest BCUT2D eigenvalue weighted by Crippen LogP contribution is -2.05. The molecule has 1 heterocycles. The van der Waals surface area contributed by atoms with E-state index in [1.807, 2.05) is 12.1 Å². The van der Waals surface area contributed by atoms with E-state index in [-0.39, 0.29) is 5.78 Å². The normalized spacial score (nSPS) is 14.1. The highest BCUT2D eigenvalue weighted by molar-refractivity contribution is 6.07. The summed E-state index contributed by atoms with van der Waals surface area (Å²) in [5, 5.41) is 0. The van der Waals surface area contributed by atoms with Gasteiger partial charge in [0.2, 0.25) is 5.78 Å². The largest absolute Gasteiger partial charge is 0.490 e. The SMILES string of the molecule is Nc1ccc(C(=O)c2cccc(OC3CC3)c2)nc1. The Morgan fingerprint density at radius 3 is 2.79 bits per heavy atom. The number of anilines is 1. The number of nitrogens with two attached hydrogens (primary N) is 1. The number of benzene rings is 1. The molecular formula is C15H14N2O2. The van der Waals surface area contributed by atoms with Crippen LogP contribution in [0, 0.1) is 0 Å². The van der Waals surface area contributed by atoms with E-state index in [1.54, 1.807) is 24.3 Å². The maximum atomic E-state index is 12.3. The van der Waals surface area contributed by atoms with E-state index in [1.165, 1.54) is 6.20 Å². The smallest absolute Gasteiger partial charge is 0.211 e. The van der Waals surface area contributed by atoms with Crippen LogP contribution < -0.4 is 10.5 Å². The number of ketones is 1. The van der Waals surface area contributed by atoms with Gasteiger partial charge in [-0.15, -0.1) is 0 Å². The summed E-state index contributed by atoms with van der Waals surface area (Å²) in [6.45, 7) is 0. The molecule has 0 atom stereocenters. The van der Waals surface area contributed by atoms with Gasteiger partial charge in [-0.05, 0) is 37.1 Å². The molecule has 4 nitrogen and oxygen atoms in total. The second-order valence-electron chi connectivity index (χ2n) is 4.65. The number of pyridine rings is 1. The lowest BCUT2D eigenvalue weighted by atomic mass is 10.1. The molecule has 0 amide bonds. The van der Waals surface area contributed by atoms with Crippen LogP contribution in [0.5, 0.6) is 5.75 Å². The summed E-state index contributed by atoms with van der Waals surface area (Å²) in [6.07, 6.45) is 3.99. The van der Waals surface area contributed by atoms with Crippen molar-refractivity contribution in [1.29, 1.82) is 0 Å². The molecule has 1 fully saturated rings. The maximum Gasteiger partial charge on any atom is 0.211 e. The zero-order valence-corrected chi connectivity index (χ0v) is 10.4. The molecule has 19 heavy (non-hydrogen) atoms. The van der Waals surface area contributed by atoms with Crippen molar-refractivity contribution in [1.82, 2.24) is 4.98 Å². The number of nitrogen functional groups attached to an aromatic ring is 1. The zero-order chi connectivity index (χ0) is 13.2. The fourth-order valence-corrected chi connectivity index (χ4v) is 1.78. The molecule has 0 spiro atoms. The fraction of sp³-hybridized carbons (Fsp3) is 0.200. The van der Waals surface area contributed by atoms with Gasteiger partial charge in [-0.25, -0.2) is 0 Å². The van der Waals surface area contributed by atoms with Crippen LogP contribution in [0.4, 0.5) is 5.69 Å². The summed E-state index contributed by atoms with van der Waals surface area (Å²) in [7, 11) is 0. The number of hydrogen-bond donors (Lipinski definition) is 1. The van der Waals surface area contributed by atoms with Gasteiger partial charge in [0.05, 0.1) is 18.0 Å². The van der Waals surface area contributed by atoms with Crippen LogP contribution in [-0.2, 0) is 0 Å². The third-order valence-corrected chi connectivity index (χ3v) is 2.94. The molecule has 1 aromatic carbocycles. The summed E-state index contributed by atoms with van der Waals surface area (Å²) in [4.78, 5) is 16.3. The average Bonchev–Trinajstić information content (AvgIpc) is 3.23. The maximum absolute atomic E-state index is 12.3. The van der Waals surface area contributed by atoms with E-state index < -0.39 is 0 Å². The average molecular weight is 254 g/mol. The number of rotatable bonds is 4. The summed E-state index contributed by atoms with van der Waals surface area (Å²) < 4.78 is 5.68. The highest BCUT2D eigenvalue weighted by Gasteiger charge is 2.23. The van der Waals surface area contributed by atoms with Crippen molar-refractivity contribution < 1.29 is 9.53 Å². The molecule has 2 N–H and O–H groups in total. The van der Waals surface area contributed by atoms with Crippen LogP contribution in [0.1, 0.15) is 28.9 Å². The van der Waals surface area contributed by atoms with Crippen LogP contribution in [0.25, 0.3) is 0 Å². The monoisotopic (exact) mass is 254 g/mol. The second-order valence-corrected chi connectivity index (χ2v) is 4.65. The van der Waals surface area contributed by atoms with E-state index in [0.29, 0.717) is 23.0 Å². The van der Waals surface area contributed by atoms with Gasteiger partial charge in [0, 0.05) is 5.56 Å². The standard InChI is InChI=1S/C15H14N2O2/c16-11-4-7-14(17-9-11)15(18)10-2-1-3-13(8-10)19-12-5-6-12/h1-4,7-9,12H,5-6,16H2. The minimum absolute atomic E-state index is 0.124. The molecule has 1 aromatic heterocycles. The Balaban J connectivity index is 1.84. The summed E-state index contributed by atoms with van der Waals surface area (Å²) >= 11 is 0. The van der Waals surface area contributed by atoms with Crippen molar-refractivity contribution in [2.24, 2.45) is 0 Å². The first-order valence-electron chi connectivity index (χ1n) is 6.25. The van der Waals surface area contributed by atoms with Crippen molar-refractivity contribution in [2.75, 3.05) is 5.73 Å². The Hall–Kier alpha value is -2.36. The van der Waals surface area contributed by atoms with Gasteiger partial charge >= 0.3 is 0 Å². The highest BCUT2D eigenvalue weighted by Crippen LogP contribution is 2.27. The molecule has 4 heteroatoms. The van der Waals surface area contributed by atoms with Crippen molar-refractivity contribution in [3.63, 3.8) is 0 Å². The third kappa shape index (κ3) is 2.73. The predicted octanol–water partition coefficient (Wildman–Crippen LogP) is 2.44. The molecule has 0 aliphatic heterocycles. The summed E-state index contributed by atoms with van der Waals surface area (Å²) in [5.41, 5.74) is 7.07. The Morgan fingerprint density at radius 2 is 2.11 bits per heavy atom. The molecular weight excluding hydrogens is 240 g/mol. The molecule has 2 aromatic rings. The Morgan fingerprint density at radius 1 is 1.26 bits per heavy atom. The van der Waals surface area contributed by atoms with Gasteiger partial charge in [0.25, 0.3) is 0 Å². The fourth-order valence-electron chi connectivity index (χ4n) is 1.78. The topological polar surface area (TPSA) is 65.2 Å². The van der Waals surface area contributed by atoms with Crippen LogP contribution in [0.2, 0.25) is 0 Å². The van der Waals surface area contributed by atoms with Crippen molar-refractivity contribution in [3.05, 3.63) is 53.9 Å². The first-order valence-corrected chi connectivity index (χ1v) is 6.25. The second kappa shape index (κ2) is 4.72. The lowest BCUT2D eigenvalue weighted by molar-refractivity contribution is 0.103. The number of aromatic nitrogens is 1. The quantitative estimate of drug-likeness (QED) is 0.851. The van der Waals surface area contributed by atoms with Gasteiger partial charge in [-0.3, -0.25) is 9.78 Å². The Kier molecular flexibility index (Phi) is 2.91. The number of carbonyl (C=O) groups is 1. The number of carbonyl (C=O) groups excluding carboxylic acids is 1. The molecule has 96 valence electrons. The highest BCUT2D eigenvalue weighted by atomic mass is 16.5. The number of ether oxygens (including phenoxy) is 1. The van der Waals surface area contributed by atoms with E-state index in [0.717, 1.165) is 18.6 Å². The molecule has 0 bridgehead atoms. The molecule has 0 saturated heterocycles. The van der Waals surface area contributed by atoms with Crippen LogP contribution in [-0.4, -0.2) is 16.9 Å². The van der Waals surface area contributed by atoms with Crippen LogP contribution >= 0.6 is 0 Å². The molecule has 0 radical (unpaired) electrons. The minimum Gasteiger partial charge on any atom is -0.490 e. The van der Waals surface area contributed by atoms with Gasteiger partial charge in [0.1, 0.15) is 11.4 Å². The molecule has 1 aliphatic rings. The van der Waals surface area contributed by atoms with Crippen LogP contribution in [0.3, 0.4) is 0 Å². The minimum atomic E-state index is -0.124.